The summed E-state index contributed by atoms with van der Waals surface area (Å²) in [6.07, 6.45) is 0. The Morgan fingerprint density at radius 2 is 2.00 bits per heavy atom. The van der Waals surface area contributed by atoms with Gasteiger partial charge in [0.25, 0.3) is 0 Å². The van der Waals surface area contributed by atoms with Gasteiger partial charge in [0.1, 0.15) is 0 Å². The van der Waals surface area contributed by atoms with E-state index in [0.717, 1.165) is 20.5 Å². The number of benzene rings is 1. The molecule has 3 heteroatoms. The van der Waals surface area contributed by atoms with E-state index < -0.39 is 0 Å². The summed E-state index contributed by atoms with van der Waals surface area (Å²) in [5.41, 5.74) is 3.01. The lowest BCUT2D eigenvalue weighted by atomic mass is 10.0. The van der Waals surface area contributed by atoms with Crippen LogP contribution in [0.3, 0.4) is 0 Å². The molecule has 1 aromatic carbocycles. The molecule has 0 N–H and O–H groups in total. The number of rotatable bonds is 2. The molecule has 0 radical (unpaired) electrons. The highest BCUT2D eigenvalue weighted by Crippen LogP contribution is 2.24. The first-order valence-corrected chi connectivity index (χ1v) is 6.61. The van der Waals surface area contributed by atoms with Gasteiger partial charge in [0.15, 0.2) is 0 Å². The first-order chi connectivity index (χ1) is 7.58. The molecule has 1 nitrogen and oxygen atoms in total. The number of hydrogen-bond acceptors (Lipinski definition) is 2. The molecule has 0 saturated heterocycles. The average molecular weight is 295 g/mol. The van der Waals surface area contributed by atoms with Gasteiger partial charge in [0.05, 0.1) is 4.88 Å². The average Bonchev–Trinajstić information content (AvgIpc) is 2.64. The molecular formula is C13H11BrOS. The largest absolute Gasteiger partial charge is 0.288 e. The predicted molar refractivity (Wildman–Crippen MR) is 71.4 cm³/mol. The molecule has 1 heterocycles. The van der Waals surface area contributed by atoms with E-state index in [2.05, 4.69) is 15.9 Å². The maximum Gasteiger partial charge on any atom is 0.203 e. The highest BCUT2D eigenvalue weighted by atomic mass is 79.9. The van der Waals surface area contributed by atoms with Crippen molar-refractivity contribution in [3.05, 3.63) is 55.7 Å². The Morgan fingerprint density at radius 1 is 1.25 bits per heavy atom. The van der Waals surface area contributed by atoms with Crippen molar-refractivity contribution in [2.24, 2.45) is 0 Å². The molecule has 82 valence electrons. The zero-order valence-corrected chi connectivity index (χ0v) is 11.5. The van der Waals surface area contributed by atoms with Crippen LogP contribution in [0.2, 0.25) is 0 Å². The van der Waals surface area contributed by atoms with Crippen molar-refractivity contribution in [3.63, 3.8) is 0 Å². The highest BCUT2D eigenvalue weighted by molar-refractivity contribution is 9.10. The summed E-state index contributed by atoms with van der Waals surface area (Å²) in [4.78, 5) is 13.0. The second-order valence-electron chi connectivity index (χ2n) is 3.78. The van der Waals surface area contributed by atoms with Gasteiger partial charge in [-0.25, -0.2) is 0 Å². The fourth-order valence-electron chi connectivity index (χ4n) is 1.63. The van der Waals surface area contributed by atoms with Gasteiger partial charge in [-0.15, -0.1) is 11.3 Å². The molecule has 0 saturated carbocycles. The molecule has 0 aliphatic rings. The van der Waals surface area contributed by atoms with Gasteiger partial charge in [0, 0.05) is 15.4 Å². The van der Waals surface area contributed by atoms with Crippen molar-refractivity contribution in [2.45, 2.75) is 13.8 Å². The number of carbonyl (C=O) groups is 1. The van der Waals surface area contributed by atoms with Crippen LogP contribution in [0.1, 0.15) is 26.4 Å². The minimum Gasteiger partial charge on any atom is -0.288 e. The summed E-state index contributed by atoms with van der Waals surface area (Å²) >= 11 is 4.83. The van der Waals surface area contributed by atoms with Crippen LogP contribution in [0.15, 0.2) is 34.1 Å². The van der Waals surface area contributed by atoms with Crippen LogP contribution in [0.25, 0.3) is 0 Å². The molecule has 0 amide bonds. The molecule has 0 fully saturated rings. The SMILES string of the molecule is Cc1ccc(C(=O)c2cc(Br)cs2)c(C)c1. The molecule has 2 aromatic rings. The Balaban J connectivity index is 2.41. The van der Waals surface area contributed by atoms with E-state index in [9.17, 15) is 4.79 Å². The van der Waals surface area contributed by atoms with Crippen LogP contribution in [0.4, 0.5) is 0 Å². The summed E-state index contributed by atoms with van der Waals surface area (Å²) in [5.74, 6) is 0.105. The van der Waals surface area contributed by atoms with Gasteiger partial charge in [-0.3, -0.25) is 4.79 Å². The maximum atomic E-state index is 12.2. The quantitative estimate of drug-likeness (QED) is 0.752. The lowest BCUT2D eigenvalue weighted by Crippen LogP contribution is -2.01. The van der Waals surface area contributed by atoms with E-state index in [1.54, 1.807) is 0 Å². The molecule has 0 unspecified atom stereocenters. The second-order valence-corrected chi connectivity index (χ2v) is 5.60. The minimum atomic E-state index is 0.105. The van der Waals surface area contributed by atoms with Gasteiger partial charge < -0.3 is 0 Å². The Bertz CT molecular complexity index is 543. The van der Waals surface area contributed by atoms with Crippen molar-refractivity contribution in [3.8, 4) is 0 Å². The summed E-state index contributed by atoms with van der Waals surface area (Å²) in [5, 5.41) is 1.93. The van der Waals surface area contributed by atoms with Crippen LogP contribution < -0.4 is 0 Å². The Kier molecular flexibility index (Phi) is 3.26. The fourth-order valence-corrected chi connectivity index (χ4v) is 3.01. The van der Waals surface area contributed by atoms with E-state index >= 15 is 0 Å². The van der Waals surface area contributed by atoms with Crippen molar-refractivity contribution >= 4 is 33.0 Å². The van der Waals surface area contributed by atoms with Crippen molar-refractivity contribution < 1.29 is 4.79 Å². The highest BCUT2D eigenvalue weighted by Gasteiger charge is 2.13. The molecule has 2 rings (SSSR count). The monoisotopic (exact) mass is 294 g/mol. The number of thiophene rings is 1. The number of hydrogen-bond donors (Lipinski definition) is 0. The first kappa shape index (κ1) is 11.6. The zero-order valence-electron chi connectivity index (χ0n) is 9.08. The summed E-state index contributed by atoms with van der Waals surface area (Å²) in [7, 11) is 0. The normalized spacial score (nSPS) is 10.4. The second kappa shape index (κ2) is 4.52. The summed E-state index contributed by atoms with van der Waals surface area (Å²) in [6, 6.07) is 7.78. The van der Waals surface area contributed by atoms with E-state index in [0.29, 0.717) is 0 Å². The maximum absolute atomic E-state index is 12.2. The summed E-state index contributed by atoms with van der Waals surface area (Å²) < 4.78 is 0.964. The van der Waals surface area contributed by atoms with Gasteiger partial charge in [-0.1, -0.05) is 23.8 Å². The lowest BCUT2D eigenvalue weighted by molar-refractivity contribution is 0.104. The predicted octanol–water partition coefficient (Wildman–Crippen LogP) is 4.36. The topological polar surface area (TPSA) is 17.1 Å². The fraction of sp³-hybridized carbons (Fsp3) is 0.154. The van der Waals surface area contributed by atoms with Crippen LogP contribution in [-0.4, -0.2) is 5.78 Å². The van der Waals surface area contributed by atoms with E-state index in [4.69, 9.17) is 0 Å². The van der Waals surface area contributed by atoms with Gasteiger partial charge in [0.2, 0.25) is 5.78 Å². The molecule has 1 aromatic heterocycles. The number of ketones is 1. The standard InChI is InChI=1S/C13H11BrOS/c1-8-3-4-11(9(2)5-8)13(15)12-6-10(14)7-16-12/h3-7H,1-2H3. The molecular weight excluding hydrogens is 284 g/mol. The van der Waals surface area contributed by atoms with Crippen molar-refractivity contribution in [1.29, 1.82) is 0 Å². The number of carbonyl (C=O) groups excluding carboxylic acids is 1. The van der Waals surface area contributed by atoms with Crippen LogP contribution in [-0.2, 0) is 0 Å². The third-order valence-electron chi connectivity index (χ3n) is 2.42. The van der Waals surface area contributed by atoms with E-state index in [1.165, 1.54) is 16.9 Å². The Morgan fingerprint density at radius 3 is 2.56 bits per heavy atom. The molecule has 0 bridgehead atoms. The smallest absolute Gasteiger partial charge is 0.203 e. The van der Waals surface area contributed by atoms with E-state index in [-0.39, 0.29) is 5.78 Å². The molecule has 0 spiro atoms. The Hall–Kier alpha value is -0.930. The number of aryl methyl sites for hydroxylation is 2. The van der Waals surface area contributed by atoms with Crippen molar-refractivity contribution in [2.75, 3.05) is 0 Å². The van der Waals surface area contributed by atoms with Crippen LogP contribution in [0.5, 0.6) is 0 Å². The lowest BCUT2D eigenvalue weighted by Gasteiger charge is -2.04. The first-order valence-electron chi connectivity index (χ1n) is 4.94. The van der Waals surface area contributed by atoms with Crippen LogP contribution >= 0.6 is 27.3 Å². The van der Waals surface area contributed by atoms with Gasteiger partial charge in [-0.2, -0.15) is 0 Å². The van der Waals surface area contributed by atoms with Crippen LogP contribution in [0, 0.1) is 13.8 Å². The Labute approximate surface area is 107 Å². The molecule has 0 aliphatic carbocycles. The van der Waals surface area contributed by atoms with Crippen molar-refractivity contribution in [1.82, 2.24) is 0 Å². The zero-order chi connectivity index (χ0) is 11.7. The van der Waals surface area contributed by atoms with Gasteiger partial charge in [-0.05, 0) is 41.4 Å². The van der Waals surface area contributed by atoms with Gasteiger partial charge >= 0.3 is 0 Å². The molecule has 0 aliphatic heterocycles. The molecule has 0 atom stereocenters. The minimum absolute atomic E-state index is 0.105. The third-order valence-corrected chi connectivity index (χ3v) is 4.11. The third kappa shape index (κ3) is 2.25. The number of halogens is 1. The van der Waals surface area contributed by atoms with E-state index in [1.807, 2.05) is 43.5 Å². The molecule has 16 heavy (non-hydrogen) atoms. The summed E-state index contributed by atoms with van der Waals surface area (Å²) in [6.45, 7) is 4.01.